The quantitative estimate of drug-likeness (QED) is 0.563. The van der Waals surface area contributed by atoms with Gasteiger partial charge in [-0.3, -0.25) is 15.0 Å². The smallest absolute Gasteiger partial charge is 0.324 e. The van der Waals surface area contributed by atoms with Crippen LogP contribution in [-0.2, 0) is 9.53 Å². The number of piperazine rings is 1. The van der Waals surface area contributed by atoms with E-state index in [0.717, 1.165) is 19.6 Å². The largest absolute Gasteiger partial charge is 0.468 e. The molecule has 0 spiro atoms. The van der Waals surface area contributed by atoms with Gasteiger partial charge in [0.15, 0.2) is 0 Å². The Labute approximate surface area is 78.2 Å². The number of rotatable bonds is 1. The average molecular weight is 184 g/mol. The van der Waals surface area contributed by atoms with Crippen LogP contribution in [0.1, 0.15) is 12.8 Å². The molecular weight excluding hydrogens is 168 g/mol. The molecule has 2 bridgehead atoms. The van der Waals surface area contributed by atoms with Crippen LogP contribution >= 0.6 is 0 Å². The highest BCUT2D eigenvalue weighted by Crippen LogP contribution is 2.15. The van der Waals surface area contributed by atoms with E-state index in [1.807, 2.05) is 0 Å². The topological polar surface area (TPSA) is 41.6 Å². The molecule has 3 unspecified atom stereocenters. The van der Waals surface area contributed by atoms with Gasteiger partial charge in [0, 0.05) is 19.1 Å². The van der Waals surface area contributed by atoms with E-state index in [1.54, 1.807) is 0 Å². The predicted octanol–water partition coefficient (Wildman–Crippen LogP) is -0.404. The molecule has 0 amide bonds. The zero-order valence-corrected chi connectivity index (χ0v) is 7.95. The third kappa shape index (κ3) is 1.84. The Morgan fingerprint density at radius 1 is 1.54 bits per heavy atom. The maximum Gasteiger partial charge on any atom is 0.324 e. The summed E-state index contributed by atoms with van der Waals surface area (Å²) in [6.45, 7) is 3.03. The third-order valence-corrected chi connectivity index (χ3v) is 2.87. The normalized spacial score (nSPS) is 38.4. The Bertz CT molecular complexity index is 196. The van der Waals surface area contributed by atoms with Crippen LogP contribution in [0.2, 0.25) is 0 Å². The molecule has 2 rings (SSSR count). The number of carbonyl (C=O) groups excluding carboxylic acids is 1. The van der Waals surface area contributed by atoms with Crippen LogP contribution in [0.3, 0.4) is 0 Å². The van der Waals surface area contributed by atoms with Gasteiger partial charge in [0.25, 0.3) is 0 Å². The van der Waals surface area contributed by atoms with Gasteiger partial charge in [-0.1, -0.05) is 0 Å². The summed E-state index contributed by atoms with van der Waals surface area (Å²) in [5, 5.41) is 3.32. The maximum atomic E-state index is 11.3. The van der Waals surface area contributed by atoms with Crippen LogP contribution < -0.4 is 5.32 Å². The second kappa shape index (κ2) is 3.64. The van der Waals surface area contributed by atoms with Gasteiger partial charge >= 0.3 is 5.97 Å². The van der Waals surface area contributed by atoms with Gasteiger partial charge in [0.2, 0.25) is 0 Å². The minimum Gasteiger partial charge on any atom is -0.468 e. The molecule has 0 saturated carbocycles. The van der Waals surface area contributed by atoms with Crippen molar-refractivity contribution < 1.29 is 9.53 Å². The number of methoxy groups -OCH3 is 1. The fraction of sp³-hybridized carbons (Fsp3) is 0.889. The van der Waals surface area contributed by atoms with Crippen LogP contribution in [0.25, 0.3) is 0 Å². The lowest BCUT2D eigenvalue weighted by Crippen LogP contribution is -2.61. The fourth-order valence-corrected chi connectivity index (χ4v) is 2.24. The number of carbonyl (C=O) groups is 1. The van der Waals surface area contributed by atoms with Gasteiger partial charge in [-0.15, -0.1) is 0 Å². The van der Waals surface area contributed by atoms with Gasteiger partial charge in [-0.25, -0.2) is 0 Å². The van der Waals surface area contributed by atoms with Gasteiger partial charge in [0.05, 0.1) is 7.11 Å². The second-order valence-electron chi connectivity index (χ2n) is 3.84. The summed E-state index contributed by atoms with van der Waals surface area (Å²) in [7, 11) is 1.45. The summed E-state index contributed by atoms with van der Waals surface area (Å²) >= 11 is 0. The summed E-state index contributed by atoms with van der Waals surface area (Å²) in [5.74, 6) is -0.128. The van der Waals surface area contributed by atoms with Crippen LogP contribution in [0.15, 0.2) is 0 Å². The van der Waals surface area contributed by atoms with Crippen molar-refractivity contribution >= 4 is 5.97 Å². The number of nitrogens with one attached hydrogen (secondary N) is 1. The van der Waals surface area contributed by atoms with Crippen molar-refractivity contribution in [1.82, 2.24) is 10.2 Å². The Kier molecular flexibility index (Phi) is 2.51. The third-order valence-electron chi connectivity index (χ3n) is 2.87. The lowest BCUT2D eigenvalue weighted by atomic mass is 10.00. The molecule has 2 fully saturated rings. The molecule has 1 N–H and O–H groups in total. The monoisotopic (exact) mass is 184 g/mol. The van der Waals surface area contributed by atoms with E-state index in [2.05, 4.69) is 10.2 Å². The number of hydrogen-bond donors (Lipinski definition) is 1. The van der Waals surface area contributed by atoms with Crippen molar-refractivity contribution in [2.75, 3.05) is 26.7 Å². The first-order chi connectivity index (χ1) is 6.29. The second-order valence-corrected chi connectivity index (χ2v) is 3.84. The molecule has 2 heterocycles. The minimum absolute atomic E-state index is 0.107. The molecule has 3 atom stereocenters. The summed E-state index contributed by atoms with van der Waals surface area (Å²) in [4.78, 5) is 13.6. The molecular formula is C9H16N2O2. The van der Waals surface area contributed by atoms with Crippen molar-refractivity contribution in [2.24, 2.45) is 0 Å². The molecule has 2 aliphatic rings. The van der Waals surface area contributed by atoms with Crippen molar-refractivity contribution in [3.63, 3.8) is 0 Å². The zero-order chi connectivity index (χ0) is 9.26. The molecule has 13 heavy (non-hydrogen) atoms. The van der Waals surface area contributed by atoms with Gasteiger partial charge in [-0.05, 0) is 19.4 Å². The van der Waals surface area contributed by atoms with E-state index in [4.69, 9.17) is 4.74 Å². The molecule has 74 valence electrons. The summed E-state index contributed by atoms with van der Waals surface area (Å²) in [5.41, 5.74) is 0. The van der Waals surface area contributed by atoms with Crippen LogP contribution in [-0.4, -0.2) is 49.7 Å². The Hall–Kier alpha value is -0.610. The van der Waals surface area contributed by atoms with E-state index in [9.17, 15) is 4.79 Å². The number of nitrogens with zero attached hydrogens (tertiary/aromatic N) is 1. The van der Waals surface area contributed by atoms with Crippen LogP contribution in [0.5, 0.6) is 0 Å². The van der Waals surface area contributed by atoms with Crippen LogP contribution in [0.4, 0.5) is 0 Å². The predicted molar refractivity (Wildman–Crippen MR) is 48.4 cm³/mol. The standard InChI is InChI=1S/C9H16N2O2/c1-13-9(12)8-6-11-4-2-3-7(5-11)10-8/h7-8,10H,2-6H2,1H3. The molecule has 2 aliphatic heterocycles. The Balaban J connectivity index is 1.97. The van der Waals surface area contributed by atoms with E-state index in [-0.39, 0.29) is 12.0 Å². The highest BCUT2D eigenvalue weighted by atomic mass is 16.5. The SMILES string of the molecule is COC(=O)C1CN2CCCC(C2)N1. The molecule has 0 aliphatic carbocycles. The molecule has 2 saturated heterocycles. The van der Waals surface area contributed by atoms with E-state index in [1.165, 1.54) is 20.0 Å². The van der Waals surface area contributed by atoms with E-state index >= 15 is 0 Å². The molecule has 0 aromatic carbocycles. The van der Waals surface area contributed by atoms with Crippen LogP contribution in [0, 0.1) is 0 Å². The molecule has 0 radical (unpaired) electrons. The van der Waals surface area contributed by atoms with Gasteiger partial charge < -0.3 is 4.74 Å². The van der Waals surface area contributed by atoms with Crippen molar-refractivity contribution in [3.8, 4) is 0 Å². The Morgan fingerprint density at radius 3 is 3.08 bits per heavy atom. The zero-order valence-electron chi connectivity index (χ0n) is 7.95. The molecule has 4 heteroatoms. The van der Waals surface area contributed by atoms with Gasteiger partial charge in [0.1, 0.15) is 6.04 Å². The summed E-state index contributed by atoms with van der Waals surface area (Å²) in [6.07, 6.45) is 2.43. The fourth-order valence-electron chi connectivity index (χ4n) is 2.24. The van der Waals surface area contributed by atoms with E-state index in [0.29, 0.717) is 6.04 Å². The first kappa shape index (κ1) is 8.97. The van der Waals surface area contributed by atoms with Crippen molar-refractivity contribution in [3.05, 3.63) is 0 Å². The molecule has 0 aromatic rings. The first-order valence-corrected chi connectivity index (χ1v) is 4.86. The number of fused-ring (bicyclic) bond motifs is 2. The lowest BCUT2D eigenvalue weighted by Gasteiger charge is -2.41. The molecule has 0 aromatic heterocycles. The Morgan fingerprint density at radius 2 is 2.38 bits per heavy atom. The summed E-state index contributed by atoms with van der Waals surface area (Å²) < 4.78 is 4.73. The summed E-state index contributed by atoms with van der Waals surface area (Å²) in [6, 6.07) is 0.385. The van der Waals surface area contributed by atoms with Crippen molar-refractivity contribution in [1.29, 1.82) is 0 Å². The highest BCUT2D eigenvalue weighted by Gasteiger charge is 2.33. The maximum absolute atomic E-state index is 11.3. The highest BCUT2D eigenvalue weighted by molar-refractivity contribution is 5.76. The van der Waals surface area contributed by atoms with Gasteiger partial charge in [-0.2, -0.15) is 0 Å². The average Bonchev–Trinajstić information content (AvgIpc) is 2.16. The minimum atomic E-state index is -0.128. The number of piperidine rings is 1. The van der Waals surface area contributed by atoms with Crippen molar-refractivity contribution in [2.45, 2.75) is 24.9 Å². The van der Waals surface area contributed by atoms with E-state index < -0.39 is 0 Å². The number of hydrogen-bond acceptors (Lipinski definition) is 4. The molecule has 4 nitrogen and oxygen atoms in total. The number of esters is 1. The first-order valence-electron chi connectivity index (χ1n) is 4.86. The number of ether oxygens (including phenoxy) is 1. The lowest BCUT2D eigenvalue weighted by molar-refractivity contribution is -0.145.